The van der Waals surface area contributed by atoms with Crippen LogP contribution in [0.4, 0.5) is 0 Å². The Morgan fingerprint density at radius 3 is 2.35 bits per heavy atom. The van der Waals surface area contributed by atoms with Crippen molar-refractivity contribution >= 4 is 0 Å². The fourth-order valence-corrected chi connectivity index (χ4v) is 2.70. The number of nitrogens with zero attached hydrogens (tertiary/aromatic N) is 1. The van der Waals surface area contributed by atoms with Crippen LogP contribution in [0, 0.1) is 5.92 Å². The van der Waals surface area contributed by atoms with Crippen molar-refractivity contribution in [2.45, 2.75) is 64.1 Å². The Kier molecular flexibility index (Phi) is 4.11. The zero-order chi connectivity index (χ0) is 12.5. The molecule has 17 heavy (non-hydrogen) atoms. The summed E-state index contributed by atoms with van der Waals surface area (Å²) < 4.78 is 0. The molecule has 0 aliphatic heterocycles. The molecule has 0 saturated heterocycles. The van der Waals surface area contributed by atoms with Gasteiger partial charge in [-0.2, -0.15) is 0 Å². The molecule has 0 spiro atoms. The number of hydrogen-bond donors (Lipinski definition) is 2. The molecule has 0 radical (unpaired) electrons. The van der Waals surface area contributed by atoms with Crippen LogP contribution in [0.3, 0.4) is 0 Å². The molecule has 3 heteroatoms. The molecule has 1 unspecified atom stereocenters. The van der Waals surface area contributed by atoms with E-state index in [-0.39, 0.29) is 12.1 Å². The molecule has 0 aromatic rings. The summed E-state index contributed by atoms with van der Waals surface area (Å²) >= 11 is 0. The first-order chi connectivity index (χ1) is 8.02. The Hall–Kier alpha value is -0.120. The highest BCUT2D eigenvalue weighted by Crippen LogP contribution is 2.35. The third-order valence-electron chi connectivity index (χ3n) is 3.79. The lowest BCUT2D eigenvalue weighted by Crippen LogP contribution is -2.56. The number of nitrogens with one attached hydrogen (secondary N) is 1. The van der Waals surface area contributed by atoms with Crippen molar-refractivity contribution in [3.05, 3.63) is 0 Å². The molecule has 1 atom stereocenters. The topological polar surface area (TPSA) is 35.5 Å². The van der Waals surface area contributed by atoms with Gasteiger partial charge in [0, 0.05) is 25.2 Å². The largest absolute Gasteiger partial charge is 0.394 e. The second-order valence-corrected chi connectivity index (χ2v) is 6.62. The standard InChI is InChI=1S/C14H28N2O/c1-11(2)15-14(3,10-17)9-16(13-6-7-13)8-12-4-5-12/h11-13,15,17H,4-10H2,1-3H3. The maximum absolute atomic E-state index is 9.65. The van der Waals surface area contributed by atoms with Crippen LogP contribution in [-0.4, -0.2) is 47.3 Å². The van der Waals surface area contributed by atoms with Gasteiger partial charge in [0.25, 0.3) is 0 Å². The molecule has 3 nitrogen and oxygen atoms in total. The molecule has 2 fully saturated rings. The lowest BCUT2D eigenvalue weighted by Gasteiger charge is -2.37. The zero-order valence-corrected chi connectivity index (χ0v) is 11.6. The van der Waals surface area contributed by atoms with E-state index in [4.69, 9.17) is 0 Å². The maximum atomic E-state index is 9.65. The van der Waals surface area contributed by atoms with Crippen LogP contribution >= 0.6 is 0 Å². The molecule has 2 aliphatic carbocycles. The van der Waals surface area contributed by atoms with Crippen molar-refractivity contribution in [2.75, 3.05) is 19.7 Å². The highest BCUT2D eigenvalue weighted by Gasteiger charge is 2.37. The molecule has 0 heterocycles. The Morgan fingerprint density at radius 2 is 1.94 bits per heavy atom. The Labute approximate surface area is 106 Å². The molecule has 2 rings (SSSR count). The van der Waals surface area contributed by atoms with Crippen molar-refractivity contribution in [1.82, 2.24) is 10.2 Å². The molecule has 0 aromatic carbocycles. The van der Waals surface area contributed by atoms with E-state index in [9.17, 15) is 5.11 Å². The van der Waals surface area contributed by atoms with Crippen LogP contribution in [0.5, 0.6) is 0 Å². The lowest BCUT2D eigenvalue weighted by molar-refractivity contribution is 0.106. The Balaban J connectivity index is 1.88. The molecule has 0 bridgehead atoms. The molecule has 0 aromatic heterocycles. The highest BCUT2D eigenvalue weighted by atomic mass is 16.3. The van der Waals surface area contributed by atoms with Crippen LogP contribution in [-0.2, 0) is 0 Å². The average Bonchev–Trinajstić information content (AvgIpc) is 3.09. The smallest absolute Gasteiger partial charge is 0.0623 e. The van der Waals surface area contributed by atoms with Crippen molar-refractivity contribution in [3.63, 3.8) is 0 Å². The Morgan fingerprint density at radius 1 is 1.29 bits per heavy atom. The lowest BCUT2D eigenvalue weighted by atomic mass is 10.0. The highest BCUT2D eigenvalue weighted by molar-refractivity contribution is 4.95. The zero-order valence-electron chi connectivity index (χ0n) is 11.6. The van der Waals surface area contributed by atoms with Gasteiger partial charge in [-0.1, -0.05) is 13.8 Å². The fourth-order valence-electron chi connectivity index (χ4n) is 2.70. The maximum Gasteiger partial charge on any atom is 0.0623 e. The van der Waals surface area contributed by atoms with Crippen LogP contribution < -0.4 is 5.32 Å². The molecule has 2 saturated carbocycles. The Bertz CT molecular complexity index is 249. The van der Waals surface area contributed by atoms with Crippen LogP contribution in [0.25, 0.3) is 0 Å². The number of aliphatic hydroxyl groups excluding tert-OH is 1. The van der Waals surface area contributed by atoms with Gasteiger partial charge >= 0.3 is 0 Å². The van der Waals surface area contributed by atoms with E-state index in [2.05, 4.69) is 31.0 Å². The van der Waals surface area contributed by atoms with Crippen LogP contribution in [0.15, 0.2) is 0 Å². The van der Waals surface area contributed by atoms with Gasteiger partial charge in [0.05, 0.1) is 12.1 Å². The monoisotopic (exact) mass is 240 g/mol. The first kappa shape index (κ1) is 13.3. The number of rotatable bonds is 8. The summed E-state index contributed by atoms with van der Waals surface area (Å²) in [5, 5.41) is 13.2. The van der Waals surface area contributed by atoms with E-state index in [1.54, 1.807) is 0 Å². The van der Waals surface area contributed by atoms with Gasteiger partial charge < -0.3 is 10.4 Å². The summed E-state index contributed by atoms with van der Waals surface area (Å²) in [5.74, 6) is 0.942. The number of aliphatic hydroxyl groups is 1. The quantitative estimate of drug-likeness (QED) is 0.676. The summed E-state index contributed by atoms with van der Waals surface area (Å²) in [6.07, 6.45) is 5.54. The van der Waals surface area contributed by atoms with E-state index in [1.165, 1.54) is 32.2 Å². The van der Waals surface area contributed by atoms with Gasteiger partial charge in [-0.05, 0) is 38.5 Å². The summed E-state index contributed by atoms with van der Waals surface area (Å²) in [4.78, 5) is 2.61. The van der Waals surface area contributed by atoms with Crippen molar-refractivity contribution in [1.29, 1.82) is 0 Å². The van der Waals surface area contributed by atoms with E-state index >= 15 is 0 Å². The van der Waals surface area contributed by atoms with Gasteiger partial charge in [0.15, 0.2) is 0 Å². The van der Waals surface area contributed by atoms with Gasteiger partial charge in [-0.25, -0.2) is 0 Å². The van der Waals surface area contributed by atoms with Crippen molar-refractivity contribution in [3.8, 4) is 0 Å². The summed E-state index contributed by atoms with van der Waals surface area (Å²) in [6, 6.07) is 1.23. The second kappa shape index (κ2) is 5.25. The van der Waals surface area contributed by atoms with E-state index < -0.39 is 0 Å². The predicted molar refractivity (Wildman–Crippen MR) is 71.1 cm³/mol. The fraction of sp³-hybridized carbons (Fsp3) is 1.00. The van der Waals surface area contributed by atoms with Crippen LogP contribution in [0.2, 0.25) is 0 Å². The van der Waals surface area contributed by atoms with E-state index in [0.717, 1.165) is 18.5 Å². The summed E-state index contributed by atoms with van der Waals surface area (Å²) in [6.45, 7) is 8.91. The SMILES string of the molecule is CC(C)NC(C)(CO)CN(CC1CC1)C1CC1. The van der Waals surface area contributed by atoms with Gasteiger partial charge in [0.2, 0.25) is 0 Å². The minimum atomic E-state index is -0.147. The molecule has 0 amide bonds. The third kappa shape index (κ3) is 4.23. The first-order valence-corrected chi connectivity index (χ1v) is 7.15. The molecule has 2 N–H and O–H groups in total. The average molecular weight is 240 g/mol. The first-order valence-electron chi connectivity index (χ1n) is 7.15. The number of hydrogen-bond acceptors (Lipinski definition) is 3. The molecule has 100 valence electrons. The van der Waals surface area contributed by atoms with Crippen LogP contribution in [0.1, 0.15) is 46.5 Å². The van der Waals surface area contributed by atoms with Gasteiger partial charge in [0.1, 0.15) is 0 Å². The molecular formula is C14H28N2O. The molecule has 2 aliphatic rings. The third-order valence-corrected chi connectivity index (χ3v) is 3.79. The summed E-state index contributed by atoms with van der Waals surface area (Å²) in [5.41, 5.74) is -0.147. The van der Waals surface area contributed by atoms with Gasteiger partial charge in [-0.3, -0.25) is 4.90 Å². The van der Waals surface area contributed by atoms with Crippen molar-refractivity contribution in [2.24, 2.45) is 5.92 Å². The minimum absolute atomic E-state index is 0.147. The summed E-state index contributed by atoms with van der Waals surface area (Å²) in [7, 11) is 0. The second-order valence-electron chi connectivity index (χ2n) is 6.62. The van der Waals surface area contributed by atoms with E-state index in [1.807, 2.05) is 0 Å². The molecular weight excluding hydrogens is 212 g/mol. The minimum Gasteiger partial charge on any atom is -0.394 e. The van der Waals surface area contributed by atoms with Gasteiger partial charge in [-0.15, -0.1) is 0 Å². The normalized spacial score (nSPS) is 24.4. The van der Waals surface area contributed by atoms with Crippen molar-refractivity contribution < 1.29 is 5.11 Å². The predicted octanol–water partition coefficient (Wildman–Crippen LogP) is 1.61. The van der Waals surface area contributed by atoms with E-state index in [0.29, 0.717) is 6.04 Å².